The molecule has 0 radical (unpaired) electrons. The maximum absolute atomic E-state index is 12.9. The standard InChI is InChI=1S/C23H17BrO3/c24-18-8-5-9-19(15-18)26-12-13-27-23(25)22-20-10-3-1-6-16(20)14-17-7-2-4-11-21(17)22/h1-11,14-15H,12-13H2. The molecular weight excluding hydrogens is 404 g/mol. The summed E-state index contributed by atoms with van der Waals surface area (Å²) in [7, 11) is 0. The molecule has 0 aromatic heterocycles. The van der Waals surface area contributed by atoms with Gasteiger partial charge in [0.1, 0.15) is 19.0 Å². The van der Waals surface area contributed by atoms with Crippen LogP contribution in [0, 0.1) is 0 Å². The molecule has 3 nitrogen and oxygen atoms in total. The van der Waals surface area contributed by atoms with Gasteiger partial charge in [-0.05, 0) is 45.8 Å². The van der Waals surface area contributed by atoms with Crippen molar-refractivity contribution in [1.29, 1.82) is 0 Å². The summed E-state index contributed by atoms with van der Waals surface area (Å²) in [5.41, 5.74) is 0.603. The van der Waals surface area contributed by atoms with E-state index in [1.807, 2.05) is 72.8 Å². The van der Waals surface area contributed by atoms with E-state index in [9.17, 15) is 4.79 Å². The smallest absolute Gasteiger partial charge is 0.339 e. The Morgan fingerprint density at radius 3 is 2.11 bits per heavy atom. The number of fused-ring (bicyclic) bond motifs is 2. The largest absolute Gasteiger partial charge is 0.490 e. The van der Waals surface area contributed by atoms with Crippen molar-refractivity contribution in [2.75, 3.05) is 13.2 Å². The first-order chi connectivity index (χ1) is 13.2. The molecule has 0 amide bonds. The van der Waals surface area contributed by atoms with E-state index in [0.29, 0.717) is 12.2 Å². The van der Waals surface area contributed by atoms with Crippen molar-refractivity contribution in [3.63, 3.8) is 0 Å². The average molecular weight is 421 g/mol. The van der Waals surface area contributed by atoms with Gasteiger partial charge in [0.15, 0.2) is 0 Å². The summed E-state index contributed by atoms with van der Waals surface area (Å²) < 4.78 is 12.1. The molecule has 0 heterocycles. The van der Waals surface area contributed by atoms with Crippen LogP contribution in [-0.4, -0.2) is 19.2 Å². The highest BCUT2D eigenvalue weighted by atomic mass is 79.9. The van der Waals surface area contributed by atoms with Gasteiger partial charge < -0.3 is 9.47 Å². The molecule has 0 spiro atoms. The second-order valence-electron chi connectivity index (χ2n) is 6.14. The second kappa shape index (κ2) is 7.80. The Labute approximate surface area is 165 Å². The molecule has 27 heavy (non-hydrogen) atoms. The molecule has 0 N–H and O–H groups in total. The molecule has 134 valence electrons. The molecule has 4 rings (SSSR count). The van der Waals surface area contributed by atoms with Gasteiger partial charge in [0.05, 0.1) is 5.56 Å². The van der Waals surface area contributed by atoms with Crippen LogP contribution in [0.5, 0.6) is 5.75 Å². The Hall–Kier alpha value is -2.85. The van der Waals surface area contributed by atoms with Crippen molar-refractivity contribution >= 4 is 43.4 Å². The summed E-state index contributed by atoms with van der Waals surface area (Å²) in [5.74, 6) is 0.400. The Bertz CT molecular complexity index is 1070. The molecule has 0 aliphatic carbocycles. The molecule has 0 fully saturated rings. The third-order valence-electron chi connectivity index (χ3n) is 4.36. The van der Waals surface area contributed by atoms with Crippen LogP contribution in [-0.2, 0) is 4.74 Å². The van der Waals surface area contributed by atoms with Gasteiger partial charge in [-0.2, -0.15) is 0 Å². The number of ether oxygens (including phenoxy) is 2. The molecule has 0 saturated heterocycles. The number of esters is 1. The summed E-state index contributed by atoms with van der Waals surface area (Å²) in [4.78, 5) is 12.9. The third kappa shape index (κ3) is 3.81. The topological polar surface area (TPSA) is 35.5 Å². The summed E-state index contributed by atoms with van der Waals surface area (Å²) in [6.07, 6.45) is 0. The number of benzene rings is 4. The molecule has 4 heteroatoms. The molecular formula is C23H17BrO3. The predicted octanol–water partition coefficient (Wildman–Crippen LogP) is 5.99. The number of rotatable bonds is 5. The number of halogens is 1. The highest BCUT2D eigenvalue weighted by Crippen LogP contribution is 2.29. The summed E-state index contributed by atoms with van der Waals surface area (Å²) in [6.45, 7) is 0.480. The normalized spacial score (nSPS) is 10.9. The van der Waals surface area contributed by atoms with Crippen LogP contribution < -0.4 is 4.74 Å². The Morgan fingerprint density at radius 1 is 0.778 bits per heavy atom. The molecule has 0 bridgehead atoms. The zero-order chi connectivity index (χ0) is 18.6. The van der Waals surface area contributed by atoms with Crippen LogP contribution in [0.25, 0.3) is 21.5 Å². The van der Waals surface area contributed by atoms with Gasteiger partial charge in [-0.15, -0.1) is 0 Å². The molecule has 0 saturated carbocycles. The maximum atomic E-state index is 12.9. The van der Waals surface area contributed by atoms with E-state index in [1.54, 1.807) is 0 Å². The summed E-state index contributed by atoms with van der Waals surface area (Å²) in [6, 6.07) is 25.4. The average Bonchev–Trinajstić information content (AvgIpc) is 2.69. The highest BCUT2D eigenvalue weighted by Gasteiger charge is 2.16. The van der Waals surface area contributed by atoms with Crippen molar-refractivity contribution in [3.05, 3.63) is 88.9 Å². The van der Waals surface area contributed by atoms with Gasteiger partial charge in [0.2, 0.25) is 0 Å². The fraction of sp³-hybridized carbons (Fsp3) is 0.0870. The molecule has 0 aliphatic heterocycles. The number of carbonyl (C=O) groups is 1. The minimum Gasteiger partial charge on any atom is -0.490 e. The number of hydrogen-bond donors (Lipinski definition) is 0. The lowest BCUT2D eigenvalue weighted by Crippen LogP contribution is -2.13. The van der Waals surface area contributed by atoms with Gasteiger partial charge in [-0.1, -0.05) is 70.5 Å². The summed E-state index contributed by atoms with van der Waals surface area (Å²) >= 11 is 3.41. The van der Waals surface area contributed by atoms with Crippen LogP contribution in [0.1, 0.15) is 10.4 Å². The minimum atomic E-state index is -0.333. The van der Waals surface area contributed by atoms with Gasteiger partial charge >= 0.3 is 5.97 Å². The summed E-state index contributed by atoms with van der Waals surface area (Å²) in [5, 5.41) is 3.84. The first-order valence-corrected chi connectivity index (χ1v) is 9.48. The van der Waals surface area contributed by atoms with E-state index in [2.05, 4.69) is 22.0 Å². The van der Waals surface area contributed by atoms with Gasteiger partial charge in [0.25, 0.3) is 0 Å². The van der Waals surface area contributed by atoms with Crippen LogP contribution >= 0.6 is 15.9 Å². The van der Waals surface area contributed by atoms with Crippen molar-refractivity contribution < 1.29 is 14.3 Å². The molecule has 0 aliphatic rings. The van der Waals surface area contributed by atoms with E-state index in [1.165, 1.54) is 0 Å². The van der Waals surface area contributed by atoms with E-state index in [-0.39, 0.29) is 12.6 Å². The second-order valence-corrected chi connectivity index (χ2v) is 7.05. The lowest BCUT2D eigenvalue weighted by atomic mass is 9.97. The van der Waals surface area contributed by atoms with Crippen molar-refractivity contribution in [3.8, 4) is 5.75 Å². The van der Waals surface area contributed by atoms with Crippen LogP contribution in [0.3, 0.4) is 0 Å². The van der Waals surface area contributed by atoms with Gasteiger partial charge in [0, 0.05) is 4.47 Å². The van der Waals surface area contributed by atoms with Crippen molar-refractivity contribution in [2.24, 2.45) is 0 Å². The third-order valence-corrected chi connectivity index (χ3v) is 4.85. The van der Waals surface area contributed by atoms with Crippen LogP contribution in [0.4, 0.5) is 0 Å². The first kappa shape index (κ1) is 17.6. The zero-order valence-corrected chi connectivity index (χ0v) is 16.1. The van der Waals surface area contributed by atoms with E-state index in [4.69, 9.17) is 9.47 Å². The van der Waals surface area contributed by atoms with E-state index >= 15 is 0 Å². The maximum Gasteiger partial charge on any atom is 0.339 e. The fourth-order valence-electron chi connectivity index (χ4n) is 3.16. The lowest BCUT2D eigenvalue weighted by Gasteiger charge is -2.12. The Morgan fingerprint density at radius 2 is 1.44 bits per heavy atom. The van der Waals surface area contributed by atoms with Crippen molar-refractivity contribution in [1.82, 2.24) is 0 Å². The van der Waals surface area contributed by atoms with Crippen LogP contribution in [0.2, 0.25) is 0 Å². The van der Waals surface area contributed by atoms with E-state index in [0.717, 1.165) is 31.8 Å². The Kier molecular flexibility index (Phi) is 5.07. The quantitative estimate of drug-likeness (QED) is 0.226. The van der Waals surface area contributed by atoms with Crippen LogP contribution in [0.15, 0.2) is 83.3 Å². The van der Waals surface area contributed by atoms with E-state index < -0.39 is 0 Å². The molecule has 4 aromatic rings. The zero-order valence-electron chi connectivity index (χ0n) is 14.5. The SMILES string of the molecule is O=C(OCCOc1cccc(Br)c1)c1c2ccccc2cc2ccccc12. The molecule has 0 atom stereocenters. The fourth-order valence-corrected chi connectivity index (χ4v) is 3.53. The molecule has 0 unspecified atom stereocenters. The van der Waals surface area contributed by atoms with Gasteiger partial charge in [-0.25, -0.2) is 4.79 Å². The number of carbonyl (C=O) groups excluding carboxylic acids is 1. The monoisotopic (exact) mass is 420 g/mol. The Balaban J connectivity index is 1.55. The van der Waals surface area contributed by atoms with Crippen molar-refractivity contribution in [2.45, 2.75) is 0 Å². The predicted molar refractivity (Wildman–Crippen MR) is 111 cm³/mol. The van der Waals surface area contributed by atoms with Gasteiger partial charge in [-0.3, -0.25) is 0 Å². The first-order valence-electron chi connectivity index (χ1n) is 8.68. The highest BCUT2D eigenvalue weighted by molar-refractivity contribution is 9.10. The number of hydrogen-bond acceptors (Lipinski definition) is 3. The molecule has 4 aromatic carbocycles. The minimum absolute atomic E-state index is 0.183. The lowest BCUT2D eigenvalue weighted by molar-refractivity contribution is 0.0455.